The highest BCUT2D eigenvalue weighted by molar-refractivity contribution is 9.08. The van der Waals surface area contributed by atoms with Crippen molar-refractivity contribution in [3.05, 3.63) is 35.4 Å². The van der Waals surface area contributed by atoms with Crippen molar-refractivity contribution in [3.63, 3.8) is 0 Å². The second kappa shape index (κ2) is 8.98. The minimum atomic E-state index is -2.49. The molecule has 0 unspecified atom stereocenters. The van der Waals surface area contributed by atoms with Crippen molar-refractivity contribution in [1.29, 1.82) is 0 Å². The largest absolute Gasteiger partial charge is 0.375 e. The Morgan fingerprint density at radius 1 is 1.37 bits per heavy atom. The minimum absolute atomic E-state index is 0.0115. The standard InChI is InChI=1S/C13H16BrF2NO2/c14-7-10-2-1-3-11(6-10)8-17-13(18)4-5-19-9-12(15)16/h1-3,6,12H,4-5,7-9H2,(H,17,18). The van der Waals surface area contributed by atoms with E-state index in [0.29, 0.717) is 6.54 Å². The van der Waals surface area contributed by atoms with E-state index in [-0.39, 0.29) is 18.9 Å². The molecule has 0 aliphatic rings. The van der Waals surface area contributed by atoms with Crippen LogP contribution in [0.2, 0.25) is 0 Å². The van der Waals surface area contributed by atoms with Gasteiger partial charge in [0.15, 0.2) is 0 Å². The van der Waals surface area contributed by atoms with E-state index in [4.69, 9.17) is 0 Å². The molecule has 0 aliphatic carbocycles. The fourth-order valence-corrected chi connectivity index (χ4v) is 1.80. The van der Waals surface area contributed by atoms with E-state index in [2.05, 4.69) is 26.0 Å². The summed E-state index contributed by atoms with van der Waals surface area (Å²) < 4.78 is 28.2. The number of benzene rings is 1. The van der Waals surface area contributed by atoms with E-state index in [1.54, 1.807) is 0 Å². The van der Waals surface area contributed by atoms with Crippen molar-refractivity contribution in [2.75, 3.05) is 13.2 Å². The average Bonchev–Trinajstić information content (AvgIpc) is 2.41. The van der Waals surface area contributed by atoms with E-state index >= 15 is 0 Å². The zero-order valence-corrected chi connectivity index (χ0v) is 12.0. The predicted octanol–water partition coefficient (Wildman–Crippen LogP) is 2.87. The van der Waals surface area contributed by atoms with Gasteiger partial charge in [-0.3, -0.25) is 4.79 Å². The number of carbonyl (C=O) groups excluding carboxylic acids is 1. The maximum atomic E-state index is 11.8. The third kappa shape index (κ3) is 7.22. The second-order valence-corrected chi connectivity index (χ2v) is 4.51. The Morgan fingerprint density at radius 2 is 2.11 bits per heavy atom. The van der Waals surface area contributed by atoms with Crippen LogP contribution in [0.5, 0.6) is 0 Å². The van der Waals surface area contributed by atoms with Crippen molar-refractivity contribution in [3.8, 4) is 0 Å². The predicted molar refractivity (Wildman–Crippen MR) is 72.4 cm³/mol. The molecule has 0 fully saturated rings. The molecular weight excluding hydrogens is 320 g/mol. The van der Waals surface area contributed by atoms with Crippen LogP contribution in [0.15, 0.2) is 24.3 Å². The van der Waals surface area contributed by atoms with Crippen LogP contribution < -0.4 is 5.32 Å². The Labute approximate surface area is 119 Å². The number of amides is 1. The van der Waals surface area contributed by atoms with Gasteiger partial charge in [-0.2, -0.15) is 0 Å². The molecule has 1 aromatic carbocycles. The Kier molecular flexibility index (Phi) is 7.59. The van der Waals surface area contributed by atoms with Crippen LogP contribution >= 0.6 is 15.9 Å². The molecule has 1 rings (SSSR count). The number of hydrogen-bond acceptors (Lipinski definition) is 2. The Morgan fingerprint density at radius 3 is 2.79 bits per heavy atom. The quantitative estimate of drug-likeness (QED) is 0.586. The second-order valence-electron chi connectivity index (χ2n) is 3.95. The van der Waals surface area contributed by atoms with Crippen LogP contribution in [-0.2, 0) is 21.4 Å². The molecule has 0 saturated carbocycles. The van der Waals surface area contributed by atoms with Gasteiger partial charge in [-0.1, -0.05) is 40.2 Å². The third-order valence-electron chi connectivity index (χ3n) is 2.35. The molecule has 1 N–H and O–H groups in total. The molecule has 0 heterocycles. The van der Waals surface area contributed by atoms with Gasteiger partial charge in [0, 0.05) is 18.3 Å². The normalized spacial score (nSPS) is 10.7. The molecule has 0 atom stereocenters. The zero-order valence-electron chi connectivity index (χ0n) is 10.4. The SMILES string of the molecule is O=C(CCOCC(F)F)NCc1cccc(CBr)c1. The molecule has 3 nitrogen and oxygen atoms in total. The van der Waals surface area contributed by atoms with Crippen LogP contribution in [0.3, 0.4) is 0 Å². The smallest absolute Gasteiger partial charge is 0.261 e. The van der Waals surface area contributed by atoms with E-state index < -0.39 is 13.0 Å². The molecule has 0 radical (unpaired) electrons. The van der Waals surface area contributed by atoms with Gasteiger partial charge in [0.2, 0.25) is 5.91 Å². The van der Waals surface area contributed by atoms with Crippen molar-refractivity contribution in [2.24, 2.45) is 0 Å². The fourth-order valence-electron chi connectivity index (χ4n) is 1.45. The summed E-state index contributed by atoms with van der Waals surface area (Å²) in [6.07, 6.45) is -2.40. The first-order valence-corrected chi connectivity index (χ1v) is 7.00. The summed E-state index contributed by atoms with van der Waals surface area (Å²) in [5, 5.41) is 3.48. The first kappa shape index (κ1) is 16.0. The maximum absolute atomic E-state index is 11.8. The van der Waals surface area contributed by atoms with Crippen molar-refractivity contribution >= 4 is 21.8 Å². The Balaban J connectivity index is 2.22. The van der Waals surface area contributed by atoms with Crippen LogP contribution in [0, 0.1) is 0 Å². The van der Waals surface area contributed by atoms with E-state index in [9.17, 15) is 13.6 Å². The lowest BCUT2D eigenvalue weighted by Gasteiger charge is -2.07. The molecule has 0 aliphatic heterocycles. The van der Waals surface area contributed by atoms with Gasteiger partial charge in [0.05, 0.1) is 6.61 Å². The number of rotatable bonds is 8. The van der Waals surface area contributed by atoms with E-state index in [1.165, 1.54) is 0 Å². The summed E-state index contributed by atoms with van der Waals surface area (Å²) in [5.41, 5.74) is 2.13. The van der Waals surface area contributed by atoms with Crippen molar-refractivity contribution in [1.82, 2.24) is 5.32 Å². The Bertz CT molecular complexity index is 402. The van der Waals surface area contributed by atoms with Gasteiger partial charge in [-0.15, -0.1) is 0 Å². The lowest BCUT2D eigenvalue weighted by Crippen LogP contribution is -2.24. The van der Waals surface area contributed by atoms with E-state index in [0.717, 1.165) is 16.5 Å². The number of halogens is 3. The van der Waals surface area contributed by atoms with Crippen LogP contribution in [0.4, 0.5) is 8.78 Å². The van der Waals surface area contributed by atoms with Gasteiger partial charge in [0.25, 0.3) is 6.43 Å². The minimum Gasteiger partial charge on any atom is -0.375 e. The van der Waals surface area contributed by atoms with Crippen molar-refractivity contribution in [2.45, 2.75) is 24.7 Å². The Hall–Kier alpha value is -1.01. The highest BCUT2D eigenvalue weighted by Crippen LogP contribution is 2.08. The molecule has 19 heavy (non-hydrogen) atoms. The summed E-state index contributed by atoms with van der Waals surface area (Å²) in [4.78, 5) is 11.4. The zero-order chi connectivity index (χ0) is 14.1. The monoisotopic (exact) mass is 335 g/mol. The molecule has 0 aromatic heterocycles. The summed E-state index contributed by atoms with van der Waals surface area (Å²) in [6.45, 7) is -0.188. The molecule has 0 spiro atoms. The molecule has 106 valence electrons. The van der Waals surface area contributed by atoms with Gasteiger partial charge < -0.3 is 10.1 Å². The number of ether oxygens (including phenoxy) is 1. The van der Waals surface area contributed by atoms with Crippen LogP contribution in [0.25, 0.3) is 0 Å². The highest BCUT2D eigenvalue weighted by atomic mass is 79.9. The fraction of sp³-hybridized carbons (Fsp3) is 0.462. The number of carbonyl (C=O) groups is 1. The van der Waals surface area contributed by atoms with Gasteiger partial charge >= 0.3 is 0 Å². The molecule has 0 saturated heterocycles. The number of hydrogen-bond donors (Lipinski definition) is 1. The van der Waals surface area contributed by atoms with E-state index in [1.807, 2.05) is 24.3 Å². The molecule has 6 heteroatoms. The first-order chi connectivity index (χ1) is 9.11. The summed E-state index contributed by atoms with van der Waals surface area (Å²) in [5.74, 6) is -0.210. The lowest BCUT2D eigenvalue weighted by atomic mass is 10.1. The summed E-state index contributed by atoms with van der Waals surface area (Å²) >= 11 is 3.36. The molecule has 1 aromatic rings. The van der Waals surface area contributed by atoms with Gasteiger partial charge in [-0.05, 0) is 11.1 Å². The average molecular weight is 336 g/mol. The van der Waals surface area contributed by atoms with Crippen molar-refractivity contribution < 1.29 is 18.3 Å². The number of nitrogens with one attached hydrogen (secondary N) is 1. The third-order valence-corrected chi connectivity index (χ3v) is 3.00. The molecule has 0 bridgehead atoms. The first-order valence-electron chi connectivity index (χ1n) is 5.88. The van der Waals surface area contributed by atoms with Crippen LogP contribution in [0.1, 0.15) is 17.5 Å². The van der Waals surface area contributed by atoms with Gasteiger partial charge in [0.1, 0.15) is 6.61 Å². The summed E-state index contributed by atoms with van der Waals surface area (Å²) in [7, 11) is 0. The van der Waals surface area contributed by atoms with Crippen LogP contribution in [-0.4, -0.2) is 25.5 Å². The topological polar surface area (TPSA) is 38.3 Å². The number of alkyl halides is 3. The molecular formula is C13H16BrF2NO2. The van der Waals surface area contributed by atoms with Gasteiger partial charge in [-0.25, -0.2) is 8.78 Å². The molecule has 1 amide bonds. The lowest BCUT2D eigenvalue weighted by molar-refractivity contribution is -0.122. The maximum Gasteiger partial charge on any atom is 0.261 e. The highest BCUT2D eigenvalue weighted by Gasteiger charge is 2.05. The summed E-state index contributed by atoms with van der Waals surface area (Å²) in [6, 6.07) is 7.81.